The Bertz CT molecular complexity index is 1050. The zero-order valence-corrected chi connectivity index (χ0v) is 18.2. The van der Waals surface area contributed by atoms with Crippen molar-refractivity contribution in [3.05, 3.63) is 71.8 Å². The first-order valence-electron chi connectivity index (χ1n) is 9.96. The van der Waals surface area contributed by atoms with Crippen molar-refractivity contribution in [3.8, 4) is 0 Å². The van der Waals surface area contributed by atoms with E-state index in [1.54, 1.807) is 41.1 Å². The molecule has 2 amide bonds. The maximum Gasteiger partial charge on any atom is 0.244 e. The van der Waals surface area contributed by atoms with Gasteiger partial charge in [0.25, 0.3) is 0 Å². The molecule has 30 heavy (non-hydrogen) atoms. The minimum Gasteiger partial charge on any atom is -0.324 e. The summed E-state index contributed by atoms with van der Waals surface area (Å²) in [5.74, 6) is -0.277. The smallest absolute Gasteiger partial charge is 0.244 e. The monoisotopic (exact) mass is 423 g/mol. The lowest BCUT2D eigenvalue weighted by molar-refractivity contribution is -0.124. The van der Waals surface area contributed by atoms with Crippen LogP contribution in [0.3, 0.4) is 0 Å². The lowest BCUT2D eigenvalue weighted by Crippen LogP contribution is -2.48. The Morgan fingerprint density at radius 3 is 2.40 bits per heavy atom. The van der Waals surface area contributed by atoms with Crippen LogP contribution in [0.2, 0.25) is 5.02 Å². The van der Waals surface area contributed by atoms with Gasteiger partial charge in [-0.05, 0) is 44.5 Å². The topological polar surface area (TPSA) is 52.7 Å². The first-order chi connectivity index (χ1) is 14.4. The van der Waals surface area contributed by atoms with Crippen LogP contribution in [0.4, 0.5) is 11.4 Å². The number of nitrogens with zero attached hydrogens (tertiary/aromatic N) is 2. The zero-order valence-electron chi connectivity index (χ0n) is 17.4. The fourth-order valence-electron chi connectivity index (χ4n) is 3.42. The molecule has 3 rings (SSSR count). The van der Waals surface area contributed by atoms with Gasteiger partial charge >= 0.3 is 0 Å². The molecule has 1 atom stereocenters. The molecule has 3 aromatic rings. The molecule has 0 aliphatic heterocycles. The van der Waals surface area contributed by atoms with Gasteiger partial charge < -0.3 is 10.2 Å². The highest BCUT2D eigenvalue weighted by atomic mass is 35.5. The summed E-state index contributed by atoms with van der Waals surface area (Å²) in [6, 6.07) is 20.6. The number of rotatable bonds is 7. The highest BCUT2D eigenvalue weighted by molar-refractivity contribution is 6.33. The standard InChI is InChI=1S/C24H26ClN3O2/c1-4-28(22-15-9-11-18-10-5-6-12-19(18)22)24(30)17(2)27(3)16-23(29)26-21-14-8-7-13-20(21)25/h5-15,17H,4,16H2,1-3H3,(H,26,29)/t17-/m0/s1. The first kappa shape index (κ1) is 21.8. The fourth-order valence-corrected chi connectivity index (χ4v) is 3.60. The molecular weight excluding hydrogens is 398 g/mol. The third kappa shape index (κ3) is 4.81. The molecule has 1 N–H and O–H groups in total. The van der Waals surface area contributed by atoms with Gasteiger partial charge in [0.1, 0.15) is 0 Å². The average Bonchev–Trinajstić information content (AvgIpc) is 2.75. The van der Waals surface area contributed by atoms with Gasteiger partial charge in [-0.1, -0.05) is 60.1 Å². The number of amides is 2. The Kier molecular flexibility index (Phi) is 7.08. The molecule has 3 aromatic carbocycles. The molecule has 0 bridgehead atoms. The molecular formula is C24H26ClN3O2. The van der Waals surface area contributed by atoms with Crippen LogP contribution >= 0.6 is 11.6 Å². The third-order valence-corrected chi connectivity index (χ3v) is 5.53. The van der Waals surface area contributed by atoms with E-state index in [0.717, 1.165) is 16.5 Å². The summed E-state index contributed by atoms with van der Waals surface area (Å²) in [6.45, 7) is 4.39. The number of nitrogens with one attached hydrogen (secondary N) is 1. The van der Waals surface area contributed by atoms with Crippen molar-refractivity contribution < 1.29 is 9.59 Å². The summed E-state index contributed by atoms with van der Waals surface area (Å²) in [5.41, 5.74) is 1.43. The van der Waals surface area contributed by atoms with Gasteiger partial charge in [0, 0.05) is 11.9 Å². The first-order valence-corrected chi connectivity index (χ1v) is 10.3. The van der Waals surface area contributed by atoms with Crippen molar-refractivity contribution in [2.24, 2.45) is 0 Å². The quantitative estimate of drug-likeness (QED) is 0.593. The van der Waals surface area contributed by atoms with Gasteiger partial charge in [0.15, 0.2) is 0 Å². The van der Waals surface area contributed by atoms with E-state index in [1.165, 1.54) is 0 Å². The van der Waals surface area contributed by atoms with Crippen molar-refractivity contribution in [3.63, 3.8) is 0 Å². The number of likely N-dealkylation sites (N-methyl/N-ethyl adjacent to an activating group) is 2. The van der Waals surface area contributed by atoms with Crippen LogP contribution in [0, 0.1) is 0 Å². The van der Waals surface area contributed by atoms with Crippen molar-refractivity contribution in [2.45, 2.75) is 19.9 Å². The molecule has 0 saturated carbocycles. The maximum absolute atomic E-state index is 13.3. The van der Waals surface area contributed by atoms with Gasteiger partial charge in [-0.15, -0.1) is 0 Å². The Balaban J connectivity index is 1.72. The van der Waals surface area contributed by atoms with E-state index in [2.05, 4.69) is 5.32 Å². The number of carbonyl (C=O) groups excluding carboxylic acids is 2. The number of hydrogen-bond donors (Lipinski definition) is 1. The summed E-state index contributed by atoms with van der Waals surface area (Å²) in [7, 11) is 1.77. The van der Waals surface area contributed by atoms with Crippen LogP contribution in [0.5, 0.6) is 0 Å². The highest BCUT2D eigenvalue weighted by Gasteiger charge is 2.26. The second-order valence-electron chi connectivity index (χ2n) is 7.20. The van der Waals surface area contributed by atoms with E-state index in [1.807, 2.05) is 56.3 Å². The second kappa shape index (κ2) is 9.74. The number of hydrogen-bond acceptors (Lipinski definition) is 3. The number of halogens is 1. The number of benzene rings is 3. The number of carbonyl (C=O) groups is 2. The Morgan fingerprint density at radius 1 is 1.00 bits per heavy atom. The van der Waals surface area contributed by atoms with Gasteiger partial charge in [0.05, 0.1) is 29.0 Å². The van der Waals surface area contributed by atoms with Gasteiger partial charge in [-0.2, -0.15) is 0 Å². The normalized spacial score (nSPS) is 12.0. The Morgan fingerprint density at radius 2 is 1.67 bits per heavy atom. The molecule has 5 nitrogen and oxygen atoms in total. The molecule has 0 spiro atoms. The Labute approximate surface area is 182 Å². The molecule has 0 aliphatic rings. The van der Waals surface area contributed by atoms with E-state index in [0.29, 0.717) is 17.3 Å². The largest absolute Gasteiger partial charge is 0.324 e. The molecule has 0 aromatic heterocycles. The Hall–Kier alpha value is -2.89. The molecule has 156 valence electrons. The summed E-state index contributed by atoms with van der Waals surface area (Å²) < 4.78 is 0. The van der Waals surface area contributed by atoms with Crippen molar-refractivity contribution >= 4 is 45.6 Å². The van der Waals surface area contributed by atoms with Crippen molar-refractivity contribution in [1.29, 1.82) is 0 Å². The minimum atomic E-state index is -0.471. The lowest BCUT2D eigenvalue weighted by Gasteiger charge is -2.30. The van der Waals surface area contributed by atoms with Crippen LogP contribution in [0.15, 0.2) is 66.7 Å². The molecule has 0 unspecified atom stereocenters. The summed E-state index contributed by atoms with van der Waals surface area (Å²) in [4.78, 5) is 29.2. The molecule has 6 heteroatoms. The SMILES string of the molecule is CCN(C(=O)[C@H](C)N(C)CC(=O)Nc1ccccc1Cl)c1cccc2ccccc12. The molecule has 0 heterocycles. The molecule has 0 radical (unpaired) electrons. The van der Waals surface area contributed by atoms with E-state index in [-0.39, 0.29) is 18.4 Å². The average molecular weight is 424 g/mol. The zero-order chi connectivity index (χ0) is 21.7. The molecule has 0 aliphatic carbocycles. The fraction of sp³-hybridized carbons (Fsp3) is 0.250. The van der Waals surface area contributed by atoms with Crippen LogP contribution in [0.1, 0.15) is 13.8 Å². The predicted molar refractivity (Wildman–Crippen MR) is 124 cm³/mol. The number of anilines is 2. The summed E-state index contributed by atoms with van der Waals surface area (Å²) >= 11 is 6.10. The molecule has 0 fully saturated rings. The number of para-hydroxylation sites is 1. The van der Waals surface area contributed by atoms with E-state index < -0.39 is 6.04 Å². The maximum atomic E-state index is 13.3. The second-order valence-corrected chi connectivity index (χ2v) is 7.61. The van der Waals surface area contributed by atoms with Crippen LogP contribution in [0.25, 0.3) is 10.8 Å². The van der Waals surface area contributed by atoms with Gasteiger partial charge in [-0.25, -0.2) is 0 Å². The van der Waals surface area contributed by atoms with Gasteiger partial charge in [-0.3, -0.25) is 14.5 Å². The number of fused-ring (bicyclic) bond motifs is 1. The van der Waals surface area contributed by atoms with E-state index in [9.17, 15) is 9.59 Å². The third-order valence-electron chi connectivity index (χ3n) is 5.20. The highest BCUT2D eigenvalue weighted by Crippen LogP contribution is 2.27. The van der Waals surface area contributed by atoms with E-state index in [4.69, 9.17) is 11.6 Å². The molecule has 0 saturated heterocycles. The van der Waals surface area contributed by atoms with Crippen LogP contribution in [-0.4, -0.2) is 42.9 Å². The predicted octanol–water partition coefficient (Wildman–Crippen LogP) is 4.81. The summed E-state index contributed by atoms with van der Waals surface area (Å²) in [6.07, 6.45) is 0. The van der Waals surface area contributed by atoms with Gasteiger partial charge in [0.2, 0.25) is 11.8 Å². The van der Waals surface area contributed by atoms with Crippen molar-refractivity contribution in [1.82, 2.24) is 4.90 Å². The van der Waals surface area contributed by atoms with Crippen LogP contribution in [-0.2, 0) is 9.59 Å². The van der Waals surface area contributed by atoms with Crippen LogP contribution < -0.4 is 10.2 Å². The van der Waals surface area contributed by atoms with E-state index >= 15 is 0 Å². The lowest BCUT2D eigenvalue weighted by atomic mass is 10.1. The minimum absolute atomic E-state index is 0.0538. The van der Waals surface area contributed by atoms with Crippen molar-refractivity contribution in [2.75, 3.05) is 30.4 Å². The summed E-state index contributed by atoms with van der Waals surface area (Å²) in [5, 5.41) is 5.39.